The molecule has 1 aromatic heterocycles. The van der Waals surface area contributed by atoms with Crippen molar-refractivity contribution in [2.24, 2.45) is 11.8 Å². The minimum absolute atomic E-state index is 0.0485. The highest BCUT2D eigenvalue weighted by molar-refractivity contribution is 9.10. The smallest absolute Gasteiger partial charge is 0.475 e. The zero-order valence-corrected chi connectivity index (χ0v) is 35.7. The first-order chi connectivity index (χ1) is 28.9. The van der Waals surface area contributed by atoms with Crippen molar-refractivity contribution >= 4 is 45.2 Å². The van der Waals surface area contributed by atoms with Crippen LogP contribution < -0.4 is 5.32 Å². The normalized spacial score (nSPS) is 14.9. The van der Waals surface area contributed by atoms with E-state index in [1.165, 1.54) is 56.7 Å². The van der Waals surface area contributed by atoms with Crippen molar-refractivity contribution in [1.82, 2.24) is 24.7 Å². The predicted molar refractivity (Wildman–Crippen MR) is 231 cm³/mol. The molecule has 0 bridgehead atoms. The van der Waals surface area contributed by atoms with Crippen molar-refractivity contribution < 1.29 is 32.7 Å². The fourth-order valence-electron chi connectivity index (χ4n) is 7.88. The number of amides is 2. The minimum Gasteiger partial charge on any atom is -0.475 e. The van der Waals surface area contributed by atoms with Crippen LogP contribution in [0.2, 0.25) is 0 Å². The van der Waals surface area contributed by atoms with Gasteiger partial charge in [0.2, 0.25) is 5.91 Å². The van der Waals surface area contributed by atoms with Crippen LogP contribution in [0.1, 0.15) is 72.0 Å². The van der Waals surface area contributed by atoms with Gasteiger partial charge in [0.25, 0.3) is 5.91 Å². The molecule has 2 aliphatic heterocycles. The van der Waals surface area contributed by atoms with Gasteiger partial charge in [0.15, 0.2) is 0 Å². The van der Waals surface area contributed by atoms with Crippen molar-refractivity contribution in [3.8, 4) is 22.4 Å². The molecule has 3 heterocycles. The van der Waals surface area contributed by atoms with Crippen LogP contribution in [0.25, 0.3) is 22.4 Å². The second-order valence-corrected chi connectivity index (χ2v) is 17.0. The maximum absolute atomic E-state index is 14.0. The first-order valence-electron chi connectivity index (χ1n) is 20.3. The monoisotopic (exact) mass is 903 g/mol. The predicted octanol–water partition coefficient (Wildman–Crippen LogP) is 10.1. The number of aliphatic carboxylic acids is 1. The molecule has 2 saturated heterocycles. The Hall–Kier alpha value is -4.92. The first-order valence-corrected chi connectivity index (χ1v) is 21.9. The van der Waals surface area contributed by atoms with Crippen LogP contribution in [0.4, 0.5) is 13.2 Å². The molecule has 2 aliphatic rings. The molecular weight excluding hydrogens is 856 g/mol. The summed E-state index contributed by atoms with van der Waals surface area (Å²) in [6.07, 6.45) is 4.03. The van der Waals surface area contributed by atoms with Crippen molar-refractivity contribution in [3.05, 3.63) is 129 Å². The van der Waals surface area contributed by atoms with E-state index in [9.17, 15) is 22.8 Å². The van der Waals surface area contributed by atoms with Crippen LogP contribution >= 0.6 is 27.5 Å². The lowest BCUT2D eigenvalue weighted by atomic mass is 9.87. The Morgan fingerprint density at radius 2 is 1.35 bits per heavy atom. The van der Waals surface area contributed by atoms with Gasteiger partial charge in [-0.1, -0.05) is 100 Å². The number of hydrogen-bond acceptors (Lipinski definition) is 7. The van der Waals surface area contributed by atoms with Crippen LogP contribution in [-0.2, 0) is 29.1 Å². The van der Waals surface area contributed by atoms with Crippen molar-refractivity contribution in [2.45, 2.75) is 70.6 Å². The van der Waals surface area contributed by atoms with E-state index in [4.69, 9.17) is 9.90 Å². The zero-order chi connectivity index (χ0) is 42.5. The van der Waals surface area contributed by atoms with Gasteiger partial charge in [0, 0.05) is 47.2 Å². The fraction of sp³-hybridized carbons (Fsp3) is 0.370. The molecule has 60 heavy (non-hydrogen) atoms. The molecule has 0 radical (unpaired) electrons. The first kappa shape index (κ1) is 44.6. The van der Waals surface area contributed by atoms with Crippen LogP contribution in [0.5, 0.6) is 0 Å². The largest absolute Gasteiger partial charge is 0.490 e. The maximum atomic E-state index is 14.0. The van der Waals surface area contributed by atoms with Gasteiger partial charge in [-0.15, -0.1) is 5.10 Å². The standard InChI is InChI=1S/C44H48BrN5O2S.C2HF3O2/c45-41-15-4-8-34(26-41)27-43(51)50(30-36-10-3-13-39(25-36)42-31-53-48-47-42)29-35-9-2-11-37(24-35)38-12-5-14-40(28-38)44(52)49-22-18-33(19-23-49)7-1-6-32-16-20-46-21-17-32;3-2(4,5)1(6)7/h2-5,8-15,24-26,28,31-33,46H,1,6-7,16-23,27,29-30H2;(H,6,7). The van der Waals surface area contributed by atoms with E-state index in [-0.39, 0.29) is 11.8 Å². The lowest BCUT2D eigenvalue weighted by molar-refractivity contribution is -0.192. The molecule has 5 aromatic rings. The third-order valence-electron chi connectivity index (χ3n) is 11.1. The van der Waals surface area contributed by atoms with Crippen LogP contribution in [-0.4, -0.2) is 74.6 Å². The lowest BCUT2D eigenvalue weighted by Gasteiger charge is -2.32. The summed E-state index contributed by atoms with van der Waals surface area (Å²) in [6, 6.07) is 32.5. The average molecular weight is 905 g/mol. The number of nitrogens with one attached hydrogen (secondary N) is 1. The SMILES string of the molecule is O=C(Cc1cccc(Br)c1)N(Cc1cccc(-c2cccc(C(=O)N3CCC(CCCC4CCNCC4)CC3)c2)c1)Cc1cccc(-c2csnn2)c1.O=C(O)C(F)(F)F. The number of nitrogens with zero attached hydrogens (tertiary/aromatic N) is 4. The molecule has 2 fully saturated rings. The number of hydrogen-bond donors (Lipinski definition) is 2. The van der Waals surface area contributed by atoms with E-state index in [1.54, 1.807) is 0 Å². The van der Waals surface area contributed by atoms with Crippen molar-refractivity contribution in [3.63, 3.8) is 0 Å². The number of halogens is 4. The summed E-state index contributed by atoms with van der Waals surface area (Å²) >= 11 is 4.88. The number of carboxylic acids is 1. The molecule has 0 spiro atoms. The highest BCUT2D eigenvalue weighted by Crippen LogP contribution is 2.29. The molecule has 9 nitrogen and oxygen atoms in total. The van der Waals surface area contributed by atoms with Crippen LogP contribution in [0, 0.1) is 11.8 Å². The third-order valence-corrected chi connectivity index (χ3v) is 12.1. The van der Waals surface area contributed by atoms with Gasteiger partial charge in [-0.25, -0.2) is 4.79 Å². The topological polar surface area (TPSA) is 116 Å². The van der Waals surface area contributed by atoms with Crippen molar-refractivity contribution in [2.75, 3.05) is 26.2 Å². The Morgan fingerprint density at radius 1 is 0.783 bits per heavy atom. The van der Waals surface area contributed by atoms with Gasteiger partial charge in [-0.05, 0) is 126 Å². The van der Waals surface area contributed by atoms with E-state index >= 15 is 0 Å². The number of piperidine rings is 2. The molecule has 4 aromatic carbocycles. The maximum Gasteiger partial charge on any atom is 0.490 e. The zero-order valence-electron chi connectivity index (χ0n) is 33.3. The molecule has 7 rings (SSSR count). The Morgan fingerprint density at radius 3 is 1.97 bits per heavy atom. The average Bonchev–Trinajstić information content (AvgIpc) is 3.80. The Bertz CT molecular complexity index is 2190. The fourth-order valence-corrected chi connectivity index (χ4v) is 8.79. The quantitative estimate of drug-likeness (QED) is 0.121. The second-order valence-electron chi connectivity index (χ2n) is 15.5. The van der Waals surface area contributed by atoms with Gasteiger partial charge in [-0.2, -0.15) is 13.2 Å². The number of benzene rings is 4. The molecule has 2 amide bonds. The van der Waals surface area contributed by atoms with Crippen LogP contribution in [0.3, 0.4) is 0 Å². The van der Waals surface area contributed by atoms with E-state index < -0.39 is 12.1 Å². The van der Waals surface area contributed by atoms with Gasteiger partial charge in [0.05, 0.1) is 6.42 Å². The van der Waals surface area contributed by atoms with E-state index in [1.807, 2.05) is 75.8 Å². The minimum atomic E-state index is -5.08. The molecular formula is C46H49BrF3N5O4S. The van der Waals surface area contributed by atoms with Crippen LogP contribution in [0.15, 0.2) is 107 Å². The molecule has 14 heteroatoms. The summed E-state index contributed by atoms with van der Waals surface area (Å²) in [7, 11) is 0. The number of alkyl halides is 3. The molecule has 0 aliphatic carbocycles. The van der Waals surface area contributed by atoms with E-state index in [0.29, 0.717) is 19.5 Å². The highest BCUT2D eigenvalue weighted by Gasteiger charge is 2.38. The van der Waals surface area contributed by atoms with Gasteiger partial charge < -0.3 is 20.2 Å². The van der Waals surface area contributed by atoms with E-state index in [0.717, 1.165) is 86.9 Å². The summed E-state index contributed by atoms with van der Waals surface area (Å²) in [5.41, 5.74) is 7.61. The van der Waals surface area contributed by atoms with Gasteiger partial charge in [-0.3, -0.25) is 9.59 Å². The molecule has 0 saturated carbocycles. The number of carbonyl (C=O) groups excluding carboxylic acids is 2. The Balaban J connectivity index is 0.000000793. The van der Waals surface area contributed by atoms with Gasteiger partial charge >= 0.3 is 12.1 Å². The molecule has 316 valence electrons. The summed E-state index contributed by atoms with van der Waals surface area (Å²) in [5.74, 6) is -0.962. The van der Waals surface area contributed by atoms with E-state index in [2.05, 4.69) is 67.2 Å². The Kier molecular flexibility index (Phi) is 16.0. The summed E-state index contributed by atoms with van der Waals surface area (Å²) in [4.78, 5) is 40.5. The number of carbonyl (C=O) groups is 3. The van der Waals surface area contributed by atoms with Crippen molar-refractivity contribution in [1.29, 1.82) is 0 Å². The molecule has 2 N–H and O–H groups in total. The molecule has 0 unspecified atom stereocenters. The summed E-state index contributed by atoms with van der Waals surface area (Å²) in [6.45, 7) is 4.94. The number of carboxylic acid groups (broad SMARTS) is 1. The third kappa shape index (κ3) is 13.3. The van der Waals surface area contributed by atoms with Gasteiger partial charge in [0.1, 0.15) is 5.69 Å². The lowest BCUT2D eigenvalue weighted by Crippen LogP contribution is -2.38. The number of rotatable bonds is 13. The summed E-state index contributed by atoms with van der Waals surface area (Å²) < 4.78 is 36.7. The number of likely N-dealkylation sites (tertiary alicyclic amines) is 1. The summed E-state index contributed by atoms with van der Waals surface area (Å²) in [5, 5.41) is 16.8. The Labute approximate surface area is 361 Å². The highest BCUT2D eigenvalue weighted by atomic mass is 79.9. The number of aromatic nitrogens is 2. The second kappa shape index (κ2) is 21.6. The molecule has 0 atom stereocenters.